The molecule has 1 aliphatic rings. The number of carbonyl (C=O) groups is 1. The van der Waals surface area contributed by atoms with E-state index in [-0.39, 0.29) is 0 Å². The van der Waals surface area contributed by atoms with Crippen LogP contribution in [0.25, 0.3) is 0 Å². The second-order valence-corrected chi connectivity index (χ2v) is 8.64. The third-order valence-electron chi connectivity index (χ3n) is 6.31. The lowest BCUT2D eigenvalue weighted by molar-refractivity contribution is -0.135. The summed E-state index contributed by atoms with van der Waals surface area (Å²) in [6.07, 6.45) is 6.11. The maximum Gasteiger partial charge on any atom is 0.223 e. The molecule has 3 heteroatoms. The lowest BCUT2D eigenvalue weighted by Crippen LogP contribution is -2.43. The quantitative estimate of drug-likeness (QED) is 0.577. The van der Waals surface area contributed by atoms with Crippen LogP contribution in [0.15, 0.2) is 60.7 Å². The van der Waals surface area contributed by atoms with Crippen molar-refractivity contribution in [1.29, 1.82) is 0 Å². The molecule has 2 aromatic rings. The van der Waals surface area contributed by atoms with Crippen LogP contribution in [0, 0.1) is 5.92 Å². The highest BCUT2D eigenvalue weighted by Gasteiger charge is 2.33. The third kappa shape index (κ3) is 5.70. The Hall–Kier alpha value is -2.13. The van der Waals surface area contributed by atoms with Crippen LogP contribution in [-0.4, -0.2) is 35.8 Å². The molecule has 1 amide bonds. The largest absolute Gasteiger partial charge is 0.335 e. The minimum Gasteiger partial charge on any atom is -0.335 e. The molecule has 29 heavy (non-hydrogen) atoms. The standard InChI is InChI=1S/C26H36N2O/c1-4-11-25(29)28(20-21-12-7-5-8-13-21)24-18-16-23(17-19-24)26(27(2)3)22-14-9-6-10-15-22/h5-10,12-15,23-24,26H,4,11,16-20H2,1-3H3. The van der Waals surface area contributed by atoms with Crippen molar-refractivity contribution in [3.05, 3.63) is 71.8 Å². The van der Waals surface area contributed by atoms with Gasteiger partial charge in [-0.25, -0.2) is 0 Å². The number of hydrogen-bond donors (Lipinski definition) is 0. The average molecular weight is 393 g/mol. The van der Waals surface area contributed by atoms with Gasteiger partial charge in [-0.15, -0.1) is 0 Å². The van der Waals surface area contributed by atoms with Crippen molar-refractivity contribution in [3.8, 4) is 0 Å². The first kappa shape index (κ1) is 21.6. The van der Waals surface area contributed by atoms with Gasteiger partial charge in [-0.1, -0.05) is 67.6 Å². The van der Waals surface area contributed by atoms with Gasteiger partial charge >= 0.3 is 0 Å². The predicted octanol–water partition coefficient (Wildman–Crippen LogP) is 5.68. The molecule has 1 atom stereocenters. The molecule has 1 unspecified atom stereocenters. The molecule has 3 rings (SSSR count). The zero-order chi connectivity index (χ0) is 20.6. The molecule has 2 aromatic carbocycles. The SMILES string of the molecule is CCCC(=O)N(Cc1ccccc1)C1CCC(C(c2ccccc2)N(C)C)CC1. The van der Waals surface area contributed by atoms with Crippen LogP contribution in [0.1, 0.15) is 62.6 Å². The maximum atomic E-state index is 12.9. The van der Waals surface area contributed by atoms with Gasteiger partial charge in [0.1, 0.15) is 0 Å². The van der Waals surface area contributed by atoms with Gasteiger partial charge in [-0.2, -0.15) is 0 Å². The molecule has 0 bridgehead atoms. The van der Waals surface area contributed by atoms with E-state index < -0.39 is 0 Å². The summed E-state index contributed by atoms with van der Waals surface area (Å²) >= 11 is 0. The molecule has 0 spiro atoms. The Morgan fingerprint density at radius 2 is 1.52 bits per heavy atom. The zero-order valence-electron chi connectivity index (χ0n) is 18.3. The molecule has 3 nitrogen and oxygen atoms in total. The van der Waals surface area contributed by atoms with Crippen molar-refractivity contribution in [3.63, 3.8) is 0 Å². The zero-order valence-corrected chi connectivity index (χ0v) is 18.3. The van der Waals surface area contributed by atoms with Crippen molar-refractivity contribution in [1.82, 2.24) is 9.80 Å². The number of amides is 1. The molecule has 0 aromatic heterocycles. The van der Waals surface area contributed by atoms with Gasteiger partial charge < -0.3 is 9.80 Å². The lowest BCUT2D eigenvalue weighted by atomic mass is 9.78. The van der Waals surface area contributed by atoms with Gasteiger partial charge in [0.2, 0.25) is 5.91 Å². The summed E-state index contributed by atoms with van der Waals surface area (Å²) in [7, 11) is 4.38. The van der Waals surface area contributed by atoms with Crippen LogP contribution in [-0.2, 0) is 11.3 Å². The van der Waals surface area contributed by atoms with Crippen molar-refractivity contribution < 1.29 is 4.79 Å². The second kappa shape index (κ2) is 10.6. The number of benzene rings is 2. The van der Waals surface area contributed by atoms with Gasteiger partial charge in [0, 0.05) is 25.0 Å². The number of hydrogen-bond acceptors (Lipinski definition) is 2. The Morgan fingerprint density at radius 1 is 0.931 bits per heavy atom. The Morgan fingerprint density at radius 3 is 2.07 bits per heavy atom. The summed E-state index contributed by atoms with van der Waals surface area (Å²) in [4.78, 5) is 17.4. The van der Waals surface area contributed by atoms with Crippen LogP contribution in [0.5, 0.6) is 0 Å². The van der Waals surface area contributed by atoms with Crippen molar-refractivity contribution in [2.45, 2.75) is 64.1 Å². The van der Waals surface area contributed by atoms with E-state index in [9.17, 15) is 4.79 Å². The monoisotopic (exact) mass is 392 g/mol. The number of nitrogens with zero attached hydrogens (tertiary/aromatic N) is 2. The minimum absolute atomic E-state index is 0.312. The van der Waals surface area contributed by atoms with Gasteiger partial charge in [0.25, 0.3) is 0 Å². The summed E-state index contributed by atoms with van der Waals surface area (Å²) < 4.78 is 0. The second-order valence-electron chi connectivity index (χ2n) is 8.64. The van der Waals surface area contributed by atoms with E-state index in [0.717, 1.165) is 25.8 Å². The van der Waals surface area contributed by atoms with Crippen LogP contribution >= 0.6 is 0 Å². The van der Waals surface area contributed by atoms with Gasteiger partial charge in [-0.3, -0.25) is 4.79 Å². The molecule has 0 N–H and O–H groups in total. The summed E-state index contributed by atoms with van der Waals surface area (Å²) in [6.45, 7) is 2.84. The molecular formula is C26H36N2O. The predicted molar refractivity (Wildman–Crippen MR) is 121 cm³/mol. The van der Waals surface area contributed by atoms with E-state index in [1.54, 1.807) is 0 Å². The molecule has 0 aliphatic heterocycles. The fourth-order valence-electron chi connectivity index (χ4n) is 4.93. The Bertz CT molecular complexity index is 736. The van der Waals surface area contributed by atoms with Crippen LogP contribution in [0.3, 0.4) is 0 Å². The molecule has 0 heterocycles. The fourth-order valence-corrected chi connectivity index (χ4v) is 4.93. The molecule has 1 aliphatic carbocycles. The van der Waals surface area contributed by atoms with Crippen LogP contribution in [0.4, 0.5) is 0 Å². The Balaban J connectivity index is 1.69. The van der Waals surface area contributed by atoms with E-state index >= 15 is 0 Å². The van der Waals surface area contributed by atoms with Crippen molar-refractivity contribution in [2.75, 3.05) is 14.1 Å². The molecule has 0 radical (unpaired) electrons. The van der Waals surface area contributed by atoms with Crippen molar-refractivity contribution >= 4 is 5.91 Å². The molecular weight excluding hydrogens is 356 g/mol. The first-order valence-electron chi connectivity index (χ1n) is 11.1. The summed E-state index contributed by atoms with van der Waals surface area (Å²) in [5.41, 5.74) is 2.64. The summed E-state index contributed by atoms with van der Waals surface area (Å²) in [6, 6.07) is 22.1. The highest BCUT2D eigenvalue weighted by atomic mass is 16.2. The molecule has 1 fully saturated rings. The maximum absolute atomic E-state index is 12.9. The minimum atomic E-state index is 0.312. The fraction of sp³-hybridized carbons (Fsp3) is 0.500. The lowest BCUT2D eigenvalue weighted by Gasteiger charge is -2.41. The molecule has 0 saturated heterocycles. The highest BCUT2D eigenvalue weighted by Crippen LogP contribution is 2.39. The highest BCUT2D eigenvalue weighted by molar-refractivity contribution is 5.76. The van der Waals surface area contributed by atoms with Crippen molar-refractivity contribution in [2.24, 2.45) is 5.92 Å². The van der Waals surface area contributed by atoms with Crippen LogP contribution < -0.4 is 0 Å². The molecule has 156 valence electrons. The third-order valence-corrected chi connectivity index (χ3v) is 6.31. The van der Waals surface area contributed by atoms with E-state index in [2.05, 4.69) is 85.4 Å². The smallest absolute Gasteiger partial charge is 0.223 e. The van der Waals surface area contributed by atoms with E-state index in [1.165, 1.54) is 24.0 Å². The number of carbonyl (C=O) groups excluding carboxylic acids is 1. The van der Waals surface area contributed by atoms with E-state index in [1.807, 2.05) is 6.07 Å². The summed E-state index contributed by atoms with van der Waals surface area (Å²) in [5, 5.41) is 0. The normalized spacial score (nSPS) is 20.4. The van der Waals surface area contributed by atoms with Crippen LogP contribution in [0.2, 0.25) is 0 Å². The van der Waals surface area contributed by atoms with Gasteiger partial charge in [0.15, 0.2) is 0 Å². The van der Waals surface area contributed by atoms with E-state index in [0.29, 0.717) is 30.3 Å². The Labute approximate surface area is 176 Å². The number of rotatable bonds is 8. The average Bonchev–Trinajstić information content (AvgIpc) is 2.74. The molecule has 1 saturated carbocycles. The Kier molecular flexibility index (Phi) is 7.88. The van der Waals surface area contributed by atoms with Gasteiger partial charge in [-0.05, 0) is 63.2 Å². The first-order valence-corrected chi connectivity index (χ1v) is 11.1. The van der Waals surface area contributed by atoms with Gasteiger partial charge in [0.05, 0.1) is 0 Å². The topological polar surface area (TPSA) is 23.6 Å². The first-order chi connectivity index (χ1) is 14.1. The van der Waals surface area contributed by atoms with E-state index in [4.69, 9.17) is 0 Å². The summed E-state index contributed by atoms with van der Waals surface area (Å²) in [5.74, 6) is 0.954.